The van der Waals surface area contributed by atoms with Crippen molar-refractivity contribution in [1.29, 1.82) is 0 Å². The van der Waals surface area contributed by atoms with Crippen LogP contribution in [0.2, 0.25) is 0 Å². The Morgan fingerprint density at radius 3 is 2.83 bits per heavy atom. The molecule has 0 radical (unpaired) electrons. The molecule has 2 N–H and O–H groups in total. The molecule has 0 unspecified atom stereocenters. The summed E-state index contributed by atoms with van der Waals surface area (Å²) in [6.07, 6.45) is 2.16. The van der Waals surface area contributed by atoms with Gasteiger partial charge in [0.1, 0.15) is 5.82 Å². The molecule has 1 aromatic heterocycles. The van der Waals surface area contributed by atoms with E-state index in [4.69, 9.17) is 19.2 Å². The number of ether oxygens (including phenoxy) is 3. The molecule has 0 atom stereocenters. The number of hydrogen-bond acceptors (Lipinski definition) is 6. The number of pyridine rings is 1. The van der Waals surface area contributed by atoms with Crippen LogP contribution in [0.1, 0.15) is 19.8 Å². The largest absolute Gasteiger partial charge is 0.504 e. The molecule has 0 spiro atoms. The van der Waals surface area contributed by atoms with Crippen LogP contribution in [0, 0.1) is 0 Å². The molecule has 2 heterocycles. The quantitative estimate of drug-likeness (QED) is 0.547. The Morgan fingerprint density at radius 2 is 2.00 bits per heavy atom. The normalized spacial score (nSPS) is 12.1. The first-order chi connectivity index (χ1) is 14.2. The zero-order valence-electron chi connectivity index (χ0n) is 16.6. The van der Waals surface area contributed by atoms with Crippen LogP contribution in [-0.4, -0.2) is 30.5 Å². The molecule has 0 amide bonds. The lowest BCUT2D eigenvalue weighted by atomic mass is 10.0. The summed E-state index contributed by atoms with van der Waals surface area (Å²) < 4.78 is 16.5. The number of aromatic hydroxyl groups is 1. The zero-order chi connectivity index (χ0) is 20.2. The van der Waals surface area contributed by atoms with Gasteiger partial charge in [-0.2, -0.15) is 0 Å². The fourth-order valence-electron chi connectivity index (χ4n) is 3.31. The van der Waals surface area contributed by atoms with E-state index in [2.05, 4.69) is 12.2 Å². The number of unbranched alkanes of at least 4 members (excludes halogenated alkanes) is 1. The van der Waals surface area contributed by atoms with Gasteiger partial charge in [-0.05, 0) is 48.4 Å². The van der Waals surface area contributed by atoms with Crippen molar-refractivity contribution in [3.05, 3.63) is 48.5 Å². The maximum Gasteiger partial charge on any atom is 0.231 e. The minimum Gasteiger partial charge on any atom is -0.504 e. The number of para-hydroxylation sites is 1. The lowest BCUT2D eigenvalue weighted by Crippen LogP contribution is -2.04. The van der Waals surface area contributed by atoms with Gasteiger partial charge in [-0.25, -0.2) is 4.98 Å². The lowest BCUT2D eigenvalue weighted by molar-refractivity contribution is 0.174. The Bertz CT molecular complexity index is 1020. The average Bonchev–Trinajstić information content (AvgIpc) is 3.23. The van der Waals surface area contributed by atoms with Crippen molar-refractivity contribution in [2.45, 2.75) is 19.8 Å². The number of aromatic nitrogens is 1. The minimum atomic E-state index is 0.0973. The molecule has 3 aromatic rings. The average molecular weight is 392 g/mol. The second-order valence-corrected chi connectivity index (χ2v) is 6.83. The topological polar surface area (TPSA) is 72.8 Å². The van der Waals surface area contributed by atoms with Gasteiger partial charge in [0.05, 0.1) is 12.8 Å². The van der Waals surface area contributed by atoms with E-state index in [1.165, 1.54) is 7.11 Å². The highest BCUT2D eigenvalue weighted by atomic mass is 16.7. The van der Waals surface area contributed by atoms with Crippen LogP contribution in [-0.2, 0) is 0 Å². The van der Waals surface area contributed by atoms with Gasteiger partial charge in [0.25, 0.3) is 0 Å². The van der Waals surface area contributed by atoms with Crippen molar-refractivity contribution in [3.8, 4) is 45.4 Å². The van der Waals surface area contributed by atoms with Crippen LogP contribution in [0.3, 0.4) is 0 Å². The third kappa shape index (κ3) is 3.92. The van der Waals surface area contributed by atoms with Crippen molar-refractivity contribution in [2.75, 3.05) is 25.8 Å². The summed E-state index contributed by atoms with van der Waals surface area (Å²) in [7, 11) is 1.53. The van der Waals surface area contributed by atoms with E-state index in [1.54, 1.807) is 12.1 Å². The third-order valence-corrected chi connectivity index (χ3v) is 4.84. The van der Waals surface area contributed by atoms with Crippen LogP contribution >= 0.6 is 0 Å². The van der Waals surface area contributed by atoms with Crippen molar-refractivity contribution in [2.24, 2.45) is 0 Å². The van der Waals surface area contributed by atoms with E-state index in [0.717, 1.165) is 59.1 Å². The zero-order valence-corrected chi connectivity index (χ0v) is 16.6. The molecule has 6 heteroatoms. The van der Waals surface area contributed by atoms with Crippen molar-refractivity contribution in [1.82, 2.24) is 4.98 Å². The highest BCUT2D eigenvalue weighted by molar-refractivity contribution is 5.80. The summed E-state index contributed by atoms with van der Waals surface area (Å²) >= 11 is 0. The summed E-state index contributed by atoms with van der Waals surface area (Å²) in [6, 6.07) is 15.1. The highest BCUT2D eigenvalue weighted by Gasteiger charge is 2.19. The van der Waals surface area contributed by atoms with Crippen LogP contribution in [0.25, 0.3) is 22.4 Å². The first kappa shape index (κ1) is 18.9. The Balaban J connectivity index is 1.80. The van der Waals surface area contributed by atoms with Gasteiger partial charge in [-0.1, -0.05) is 25.5 Å². The highest BCUT2D eigenvalue weighted by Crippen LogP contribution is 2.42. The van der Waals surface area contributed by atoms with E-state index < -0.39 is 0 Å². The summed E-state index contributed by atoms with van der Waals surface area (Å²) in [6.45, 7) is 3.23. The van der Waals surface area contributed by atoms with E-state index in [9.17, 15) is 5.11 Å². The number of rotatable bonds is 7. The number of anilines is 1. The minimum absolute atomic E-state index is 0.0973. The molecule has 2 aromatic carbocycles. The molecule has 1 aliphatic rings. The molecule has 0 saturated heterocycles. The van der Waals surface area contributed by atoms with Gasteiger partial charge in [-0.3, -0.25) is 0 Å². The number of nitrogens with one attached hydrogen (secondary N) is 1. The maximum atomic E-state index is 9.93. The van der Waals surface area contributed by atoms with Gasteiger partial charge in [0.15, 0.2) is 23.0 Å². The van der Waals surface area contributed by atoms with Gasteiger partial charge < -0.3 is 24.6 Å². The SMILES string of the molecule is CCCCNc1cc(-c2cccc3c2OCO3)cc(-c2ccc(O)c(OC)c2)n1. The summed E-state index contributed by atoms with van der Waals surface area (Å²) in [5.74, 6) is 2.78. The Hall–Kier alpha value is -3.41. The van der Waals surface area contributed by atoms with Crippen LogP contribution in [0.15, 0.2) is 48.5 Å². The molecule has 0 bridgehead atoms. The smallest absolute Gasteiger partial charge is 0.231 e. The predicted octanol–water partition coefficient (Wildman–Crippen LogP) is 5.07. The Labute approximate surface area is 170 Å². The second kappa shape index (κ2) is 8.31. The number of hydrogen-bond donors (Lipinski definition) is 2. The molecular formula is C23H24N2O4. The third-order valence-electron chi connectivity index (χ3n) is 4.84. The number of fused-ring (bicyclic) bond motifs is 1. The monoisotopic (exact) mass is 392 g/mol. The van der Waals surface area contributed by atoms with E-state index >= 15 is 0 Å². The molecular weight excluding hydrogens is 368 g/mol. The lowest BCUT2D eigenvalue weighted by Gasteiger charge is -2.13. The number of methoxy groups -OCH3 is 1. The maximum absolute atomic E-state index is 9.93. The second-order valence-electron chi connectivity index (χ2n) is 6.83. The first-order valence-corrected chi connectivity index (χ1v) is 9.72. The van der Waals surface area contributed by atoms with E-state index in [1.807, 2.05) is 36.4 Å². The molecule has 1 aliphatic heterocycles. The number of benzene rings is 2. The van der Waals surface area contributed by atoms with Gasteiger partial charge >= 0.3 is 0 Å². The standard InChI is InChI=1S/C23H24N2O4/c1-3-4-10-24-22-13-16(17-6-5-7-20-23(17)29-14-28-20)11-18(25-22)15-8-9-19(26)21(12-15)27-2/h5-9,11-13,26H,3-4,10,14H2,1-2H3,(H,24,25). The molecule has 6 nitrogen and oxygen atoms in total. The number of phenols is 1. The summed E-state index contributed by atoms with van der Waals surface area (Å²) in [5, 5.41) is 13.3. The Morgan fingerprint density at radius 1 is 1.10 bits per heavy atom. The van der Waals surface area contributed by atoms with Crippen LogP contribution in [0.4, 0.5) is 5.82 Å². The molecule has 0 fully saturated rings. The Kier molecular flexibility index (Phi) is 5.42. The van der Waals surface area contributed by atoms with Crippen molar-refractivity contribution in [3.63, 3.8) is 0 Å². The van der Waals surface area contributed by atoms with Crippen LogP contribution < -0.4 is 19.5 Å². The fourth-order valence-corrected chi connectivity index (χ4v) is 3.31. The van der Waals surface area contributed by atoms with Crippen LogP contribution in [0.5, 0.6) is 23.0 Å². The van der Waals surface area contributed by atoms with Gasteiger partial charge in [0.2, 0.25) is 6.79 Å². The summed E-state index contributed by atoms with van der Waals surface area (Å²) in [4.78, 5) is 4.78. The summed E-state index contributed by atoms with van der Waals surface area (Å²) in [5.41, 5.74) is 3.55. The molecule has 0 aliphatic carbocycles. The number of nitrogens with zero attached hydrogens (tertiary/aromatic N) is 1. The molecule has 150 valence electrons. The number of phenolic OH excluding ortho intramolecular Hbond substituents is 1. The van der Waals surface area contributed by atoms with Crippen molar-refractivity contribution >= 4 is 5.82 Å². The van der Waals surface area contributed by atoms with Gasteiger partial charge in [-0.15, -0.1) is 0 Å². The van der Waals surface area contributed by atoms with E-state index in [0.29, 0.717) is 5.75 Å². The first-order valence-electron chi connectivity index (χ1n) is 9.72. The molecule has 0 saturated carbocycles. The predicted molar refractivity (Wildman–Crippen MR) is 113 cm³/mol. The fraction of sp³-hybridized carbons (Fsp3) is 0.261. The van der Waals surface area contributed by atoms with Gasteiger partial charge in [0, 0.05) is 17.7 Å². The van der Waals surface area contributed by atoms with E-state index in [-0.39, 0.29) is 12.5 Å². The van der Waals surface area contributed by atoms with Crippen molar-refractivity contribution < 1.29 is 19.3 Å². The molecule has 29 heavy (non-hydrogen) atoms. The molecule has 4 rings (SSSR count).